The van der Waals surface area contributed by atoms with Crippen LogP contribution in [0.25, 0.3) is 0 Å². The second kappa shape index (κ2) is 7.75. The number of hydrogen-bond donors (Lipinski definition) is 2. The minimum absolute atomic E-state index is 0.225. The summed E-state index contributed by atoms with van der Waals surface area (Å²) in [7, 11) is 0. The fourth-order valence-corrected chi connectivity index (χ4v) is 3.35. The maximum atomic E-state index is 12.2. The molecule has 7 nitrogen and oxygen atoms in total. The van der Waals surface area contributed by atoms with Crippen LogP contribution in [0.15, 0.2) is 41.1 Å². The molecule has 0 aliphatic carbocycles. The zero-order valence-electron chi connectivity index (χ0n) is 15.4. The van der Waals surface area contributed by atoms with Gasteiger partial charge in [-0.3, -0.25) is 9.69 Å². The molecule has 140 valence electrons. The Morgan fingerprint density at radius 2 is 2.19 bits per heavy atom. The lowest BCUT2D eigenvalue weighted by Crippen LogP contribution is -2.30. The number of H-pyrrole nitrogens is 1. The van der Waals surface area contributed by atoms with E-state index in [1.807, 2.05) is 6.92 Å². The molecule has 2 aromatic heterocycles. The van der Waals surface area contributed by atoms with Crippen LogP contribution in [0.3, 0.4) is 0 Å². The number of hydrogen-bond acceptors (Lipinski definition) is 5. The van der Waals surface area contributed by atoms with Crippen LogP contribution < -0.4 is 5.32 Å². The number of aromatic nitrogens is 3. The Morgan fingerprint density at radius 1 is 1.33 bits per heavy atom. The van der Waals surface area contributed by atoms with Crippen LogP contribution in [0.4, 0.5) is 0 Å². The van der Waals surface area contributed by atoms with Crippen LogP contribution in [0.2, 0.25) is 0 Å². The lowest BCUT2D eigenvalue weighted by molar-refractivity contribution is 0.0949. The third kappa shape index (κ3) is 4.25. The smallest absolute Gasteiger partial charge is 0.273 e. The van der Waals surface area contributed by atoms with Gasteiger partial charge in [0.15, 0.2) is 5.69 Å². The van der Waals surface area contributed by atoms with Gasteiger partial charge in [0, 0.05) is 37.9 Å². The van der Waals surface area contributed by atoms with Crippen LogP contribution in [0.5, 0.6) is 0 Å². The summed E-state index contributed by atoms with van der Waals surface area (Å²) in [6.45, 7) is 4.89. The molecule has 0 radical (unpaired) electrons. The van der Waals surface area contributed by atoms with Gasteiger partial charge in [-0.2, -0.15) is 0 Å². The van der Waals surface area contributed by atoms with Crippen molar-refractivity contribution in [3.63, 3.8) is 0 Å². The molecule has 4 rings (SSSR count). The highest BCUT2D eigenvalue weighted by atomic mass is 16.3. The summed E-state index contributed by atoms with van der Waals surface area (Å²) in [5.74, 6) is 1.21. The van der Waals surface area contributed by atoms with Crippen molar-refractivity contribution in [1.82, 2.24) is 25.2 Å². The van der Waals surface area contributed by atoms with Gasteiger partial charge in [-0.05, 0) is 24.5 Å². The Balaban J connectivity index is 1.28. The highest BCUT2D eigenvalue weighted by Crippen LogP contribution is 2.20. The first kappa shape index (κ1) is 17.5. The van der Waals surface area contributed by atoms with Gasteiger partial charge >= 0.3 is 0 Å². The van der Waals surface area contributed by atoms with Crippen molar-refractivity contribution in [2.45, 2.75) is 32.9 Å². The van der Waals surface area contributed by atoms with E-state index in [0.717, 1.165) is 31.0 Å². The normalized spacial score (nSPS) is 14.1. The van der Waals surface area contributed by atoms with Crippen LogP contribution in [-0.2, 0) is 25.9 Å². The number of carbonyl (C=O) groups is 1. The molecule has 7 heteroatoms. The zero-order valence-corrected chi connectivity index (χ0v) is 15.4. The van der Waals surface area contributed by atoms with E-state index in [9.17, 15) is 4.79 Å². The molecule has 0 spiro atoms. The molecule has 0 bridgehead atoms. The Kier molecular flexibility index (Phi) is 5.02. The highest BCUT2D eigenvalue weighted by molar-refractivity contribution is 5.91. The standard InChI is InChI=1S/C20H23N5O2/c1-14-10-22-18(23-14)6-8-21-20(26)17-13-27-19(24-17)12-25-9-7-15-4-2-3-5-16(15)11-25/h2-5,10,13H,6-9,11-12H2,1H3,(H,21,26)(H,22,23). The van der Waals surface area contributed by atoms with Crippen molar-refractivity contribution in [2.24, 2.45) is 0 Å². The van der Waals surface area contributed by atoms with E-state index in [1.165, 1.54) is 17.4 Å². The van der Waals surface area contributed by atoms with E-state index in [4.69, 9.17) is 4.42 Å². The number of oxazole rings is 1. The second-order valence-electron chi connectivity index (χ2n) is 6.87. The quantitative estimate of drug-likeness (QED) is 0.700. The van der Waals surface area contributed by atoms with Gasteiger partial charge in [-0.25, -0.2) is 9.97 Å². The summed E-state index contributed by atoms with van der Waals surface area (Å²) in [6.07, 6.45) is 4.88. The van der Waals surface area contributed by atoms with Gasteiger partial charge in [0.1, 0.15) is 12.1 Å². The molecule has 1 aliphatic heterocycles. The SMILES string of the molecule is Cc1cnc(CCNC(=O)c2coc(CN3CCc4ccccc4C3)n2)[nH]1. The van der Waals surface area contributed by atoms with Gasteiger partial charge < -0.3 is 14.7 Å². The lowest BCUT2D eigenvalue weighted by Gasteiger charge is -2.27. The molecule has 3 aromatic rings. The number of aryl methyl sites for hydroxylation is 1. The number of imidazole rings is 1. The van der Waals surface area contributed by atoms with Gasteiger partial charge in [0.2, 0.25) is 5.89 Å². The first-order chi connectivity index (χ1) is 13.2. The summed E-state index contributed by atoms with van der Waals surface area (Å²) in [5.41, 5.74) is 4.09. The van der Waals surface area contributed by atoms with E-state index in [2.05, 4.69) is 49.4 Å². The lowest BCUT2D eigenvalue weighted by atomic mass is 10.00. The maximum Gasteiger partial charge on any atom is 0.273 e. The molecule has 1 aliphatic rings. The van der Waals surface area contributed by atoms with Crippen molar-refractivity contribution in [1.29, 1.82) is 0 Å². The summed E-state index contributed by atoms with van der Waals surface area (Å²) in [5, 5.41) is 2.85. The van der Waals surface area contributed by atoms with E-state index < -0.39 is 0 Å². The average molecular weight is 365 g/mol. The number of amides is 1. The molecule has 1 aromatic carbocycles. The van der Waals surface area contributed by atoms with Gasteiger partial charge in [0.05, 0.1) is 6.54 Å². The third-order valence-corrected chi connectivity index (χ3v) is 4.76. The summed E-state index contributed by atoms with van der Waals surface area (Å²) in [4.78, 5) is 26.2. The minimum Gasteiger partial charge on any atom is -0.447 e. The van der Waals surface area contributed by atoms with Crippen molar-refractivity contribution in [3.8, 4) is 0 Å². The molecular weight excluding hydrogens is 342 g/mol. The number of aromatic amines is 1. The minimum atomic E-state index is -0.225. The summed E-state index contributed by atoms with van der Waals surface area (Å²) < 4.78 is 5.51. The topological polar surface area (TPSA) is 87.1 Å². The van der Waals surface area contributed by atoms with E-state index in [0.29, 0.717) is 31.1 Å². The van der Waals surface area contributed by atoms with Gasteiger partial charge in [0.25, 0.3) is 5.91 Å². The Morgan fingerprint density at radius 3 is 3.00 bits per heavy atom. The molecule has 0 atom stereocenters. The monoisotopic (exact) mass is 365 g/mol. The van der Waals surface area contributed by atoms with Crippen LogP contribution in [0.1, 0.15) is 39.0 Å². The van der Waals surface area contributed by atoms with Gasteiger partial charge in [-0.1, -0.05) is 24.3 Å². The molecule has 0 saturated carbocycles. The number of nitrogens with one attached hydrogen (secondary N) is 2. The van der Waals surface area contributed by atoms with Crippen molar-refractivity contribution in [2.75, 3.05) is 13.1 Å². The number of nitrogens with zero attached hydrogens (tertiary/aromatic N) is 3. The molecule has 0 fully saturated rings. The molecule has 0 saturated heterocycles. The molecular formula is C20H23N5O2. The van der Waals surface area contributed by atoms with Crippen LogP contribution in [-0.4, -0.2) is 38.8 Å². The van der Waals surface area contributed by atoms with Crippen molar-refractivity contribution < 1.29 is 9.21 Å². The van der Waals surface area contributed by atoms with E-state index >= 15 is 0 Å². The predicted molar refractivity (Wildman–Crippen MR) is 100 cm³/mol. The Labute approximate surface area is 157 Å². The molecule has 27 heavy (non-hydrogen) atoms. The van der Waals surface area contributed by atoms with E-state index in [-0.39, 0.29) is 5.91 Å². The van der Waals surface area contributed by atoms with E-state index in [1.54, 1.807) is 6.20 Å². The first-order valence-corrected chi connectivity index (χ1v) is 9.19. The highest BCUT2D eigenvalue weighted by Gasteiger charge is 2.19. The Hall–Kier alpha value is -2.93. The predicted octanol–water partition coefficient (Wildman–Crippen LogP) is 2.24. The van der Waals surface area contributed by atoms with Crippen molar-refractivity contribution in [3.05, 3.63) is 71.0 Å². The summed E-state index contributed by atoms with van der Waals surface area (Å²) >= 11 is 0. The molecule has 2 N–H and O–H groups in total. The van der Waals surface area contributed by atoms with Crippen LogP contribution >= 0.6 is 0 Å². The van der Waals surface area contributed by atoms with Crippen molar-refractivity contribution >= 4 is 5.91 Å². The first-order valence-electron chi connectivity index (χ1n) is 9.19. The molecule has 1 amide bonds. The number of carbonyl (C=O) groups excluding carboxylic acids is 1. The zero-order chi connectivity index (χ0) is 18.6. The fraction of sp³-hybridized carbons (Fsp3) is 0.350. The number of rotatable bonds is 6. The third-order valence-electron chi connectivity index (χ3n) is 4.76. The molecule has 0 unspecified atom stereocenters. The fourth-order valence-electron chi connectivity index (χ4n) is 3.35. The number of fused-ring (bicyclic) bond motifs is 1. The molecule has 3 heterocycles. The van der Waals surface area contributed by atoms with Gasteiger partial charge in [-0.15, -0.1) is 0 Å². The van der Waals surface area contributed by atoms with Crippen LogP contribution in [0, 0.1) is 6.92 Å². The second-order valence-corrected chi connectivity index (χ2v) is 6.87. The Bertz CT molecular complexity index is 930. The average Bonchev–Trinajstić information content (AvgIpc) is 3.31. The maximum absolute atomic E-state index is 12.2. The summed E-state index contributed by atoms with van der Waals surface area (Å²) in [6, 6.07) is 8.50. The largest absolute Gasteiger partial charge is 0.447 e. The number of benzene rings is 1.